The molecule has 2 aromatic carbocycles. The van der Waals surface area contributed by atoms with E-state index in [1.54, 1.807) is 0 Å². The van der Waals surface area contributed by atoms with Crippen molar-refractivity contribution < 1.29 is 4.79 Å². The summed E-state index contributed by atoms with van der Waals surface area (Å²) in [4.78, 5) is 12.2. The number of hydrogen-bond acceptors (Lipinski definition) is 1. The van der Waals surface area contributed by atoms with Crippen LogP contribution in [-0.2, 0) is 6.42 Å². The second kappa shape index (κ2) is 7.76. The molecule has 2 rings (SSSR count). The van der Waals surface area contributed by atoms with Crippen molar-refractivity contribution in [3.8, 4) is 0 Å². The van der Waals surface area contributed by atoms with Crippen LogP contribution in [0.1, 0.15) is 29.3 Å². The maximum atomic E-state index is 12.2. The fourth-order valence-electron chi connectivity index (χ4n) is 2.09. The van der Waals surface area contributed by atoms with E-state index in [2.05, 4.69) is 49.3 Å². The summed E-state index contributed by atoms with van der Waals surface area (Å²) in [5.41, 5.74) is 1.95. The number of aryl methyl sites for hydroxylation is 1. The highest BCUT2D eigenvalue weighted by atomic mass is 79.9. The van der Waals surface area contributed by atoms with Crippen LogP contribution in [0.5, 0.6) is 0 Å². The number of benzene rings is 2. The van der Waals surface area contributed by atoms with Gasteiger partial charge in [0, 0.05) is 20.6 Å². The average Bonchev–Trinajstić information content (AvgIpc) is 2.45. The van der Waals surface area contributed by atoms with E-state index in [0.717, 1.165) is 21.8 Å². The van der Waals surface area contributed by atoms with Gasteiger partial charge in [0.15, 0.2) is 0 Å². The van der Waals surface area contributed by atoms with Crippen LogP contribution in [0.25, 0.3) is 0 Å². The third-order valence-electron chi connectivity index (χ3n) is 3.21. The van der Waals surface area contributed by atoms with Crippen LogP contribution in [0.4, 0.5) is 0 Å². The second-order valence-electron chi connectivity index (χ2n) is 5.06. The Morgan fingerprint density at radius 1 is 1.10 bits per heavy atom. The van der Waals surface area contributed by atoms with Crippen molar-refractivity contribution in [3.05, 3.63) is 68.6 Å². The summed E-state index contributed by atoms with van der Waals surface area (Å²) < 4.78 is 1.78. The Bertz CT molecular complexity index is 593. The number of amides is 1. The zero-order valence-corrected chi connectivity index (χ0v) is 14.9. The van der Waals surface area contributed by atoms with Crippen LogP contribution in [0.2, 0.25) is 0 Å². The Balaban J connectivity index is 1.90. The highest BCUT2D eigenvalue weighted by molar-refractivity contribution is 9.11. The Hall–Kier alpha value is -1.13. The van der Waals surface area contributed by atoms with Crippen LogP contribution < -0.4 is 5.32 Å². The Morgan fingerprint density at radius 2 is 1.71 bits per heavy atom. The predicted molar refractivity (Wildman–Crippen MR) is 93.5 cm³/mol. The summed E-state index contributed by atoms with van der Waals surface area (Å²) >= 11 is 6.80. The van der Waals surface area contributed by atoms with Crippen LogP contribution in [0, 0.1) is 0 Å². The first-order valence-electron chi connectivity index (χ1n) is 6.85. The molecule has 0 aliphatic heterocycles. The lowest BCUT2D eigenvalue weighted by Gasteiger charge is -2.14. The van der Waals surface area contributed by atoms with Crippen LogP contribution in [0.3, 0.4) is 0 Å². The SMILES string of the molecule is CC(CCc1ccccc1)NC(=O)c1cc(Br)cc(Br)c1. The summed E-state index contributed by atoms with van der Waals surface area (Å²) in [5.74, 6) is -0.0439. The van der Waals surface area contributed by atoms with Gasteiger partial charge in [0.05, 0.1) is 0 Å². The number of halogens is 2. The van der Waals surface area contributed by atoms with Gasteiger partial charge in [-0.3, -0.25) is 4.79 Å². The molecule has 0 spiro atoms. The van der Waals surface area contributed by atoms with E-state index < -0.39 is 0 Å². The third kappa shape index (κ3) is 5.29. The number of hydrogen-bond donors (Lipinski definition) is 1. The molecule has 0 aliphatic rings. The average molecular weight is 411 g/mol. The van der Waals surface area contributed by atoms with Crippen molar-refractivity contribution in [3.63, 3.8) is 0 Å². The minimum absolute atomic E-state index is 0.0439. The number of nitrogens with one attached hydrogen (secondary N) is 1. The van der Waals surface area contributed by atoms with E-state index in [1.165, 1.54) is 5.56 Å². The van der Waals surface area contributed by atoms with Gasteiger partial charge in [0.1, 0.15) is 0 Å². The van der Waals surface area contributed by atoms with Gasteiger partial charge in [-0.1, -0.05) is 62.2 Å². The fourth-order valence-corrected chi connectivity index (χ4v) is 3.39. The molecule has 0 aromatic heterocycles. The lowest BCUT2D eigenvalue weighted by atomic mass is 10.1. The van der Waals surface area contributed by atoms with Gasteiger partial charge in [-0.25, -0.2) is 0 Å². The molecule has 0 aliphatic carbocycles. The molecule has 0 saturated carbocycles. The zero-order chi connectivity index (χ0) is 15.2. The van der Waals surface area contributed by atoms with Crippen molar-refractivity contribution in [2.45, 2.75) is 25.8 Å². The van der Waals surface area contributed by atoms with Gasteiger partial charge < -0.3 is 5.32 Å². The summed E-state index contributed by atoms with van der Waals surface area (Å²) in [6.45, 7) is 2.04. The number of rotatable bonds is 5. The van der Waals surface area contributed by atoms with Crippen molar-refractivity contribution in [1.82, 2.24) is 5.32 Å². The van der Waals surface area contributed by atoms with Crippen LogP contribution in [-0.4, -0.2) is 11.9 Å². The van der Waals surface area contributed by atoms with E-state index in [9.17, 15) is 4.79 Å². The van der Waals surface area contributed by atoms with Crippen molar-refractivity contribution in [2.75, 3.05) is 0 Å². The quantitative estimate of drug-likeness (QED) is 0.741. The molecule has 4 heteroatoms. The van der Waals surface area contributed by atoms with Crippen LogP contribution in [0.15, 0.2) is 57.5 Å². The van der Waals surface area contributed by atoms with Gasteiger partial charge >= 0.3 is 0 Å². The summed E-state index contributed by atoms with van der Waals surface area (Å²) in [6.07, 6.45) is 1.88. The highest BCUT2D eigenvalue weighted by Crippen LogP contribution is 2.20. The Labute approximate surface area is 142 Å². The molecule has 1 unspecified atom stereocenters. The molecule has 2 aromatic rings. The minimum Gasteiger partial charge on any atom is -0.350 e. The molecule has 0 radical (unpaired) electrons. The minimum atomic E-state index is -0.0439. The van der Waals surface area contributed by atoms with Gasteiger partial charge in [-0.05, 0) is 43.5 Å². The largest absolute Gasteiger partial charge is 0.350 e. The first-order valence-corrected chi connectivity index (χ1v) is 8.44. The molecule has 0 saturated heterocycles. The summed E-state index contributed by atoms with van der Waals surface area (Å²) in [5, 5.41) is 3.04. The molecule has 1 atom stereocenters. The Kier molecular flexibility index (Phi) is 6.00. The normalized spacial score (nSPS) is 12.0. The molecule has 0 heterocycles. The molecular formula is C17H17Br2NO. The summed E-state index contributed by atoms with van der Waals surface area (Å²) in [7, 11) is 0. The van der Waals surface area contributed by atoms with Crippen molar-refractivity contribution >= 4 is 37.8 Å². The first-order chi connectivity index (χ1) is 10.0. The monoisotopic (exact) mass is 409 g/mol. The van der Waals surface area contributed by atoms with Gasteiger partial charge in [0.2, 0.25) is 0 Å². The van der Waals surface area contributed by atoms with E-state index >= 15 is 0 Å². The molecule has 0 fully saturated rings. The lowest BCUT2D eigenvalue weighted by molar-refractivity contribution is 0.0938. The molecule has 0 bridgehead atoms. The standard InChI is InChI=1S/C17H17Br2NO/c1-12(7-8-13-5-3-2-4-6-13)20-17(21)14-9-15(18)11-16(19)10-14/h2-6,9-12H,7-8H2,1H3,(H,20,21). The van der Waals surface area contributed by atoms with E-state index in [1.807, 2.05) is 43.3 Å². The predicted octanol–water partition coefficient (Wildman–Crippen LogP) is 4.96. The van der Waals surface area contributed by atoms with E-state index in [4.69, 9.17) is 0 Å². The maximum absolute atomic E-state index is 12.2. The first kappa shape index (κ1) is 16.2. The molecule has 110 valence electrons. The maximum Gasteiger partial charge on any atom is 0.251 e. The smallest absolute Gasteiger partial charge is 0.251 e. The van der Waals surface area contributed by atoms with Crippen molar-refractivity contribution in [1.29, 1.82) is 0 Å². The zero-order valence-electron chi connectivity index (χ0n) is 11.8. The summed E-state index contributed by atoms with van der Waals surface area (Å²) in [6, 6.07) is 16.0. The topological polar surface area (TPSA) is 29.1 Å². The molecule has 2 nitrogen and oxygen atoms in total. The molecule has 1 N–H and O–H groups in total. The lowest BCUT2D eigenvalue weighted by Crippen LogP contribution is -2.32. The third-order valence-corrected chi connectivity index (χ3v) is 4.13. The number of carbonyl (C=O) groups excluding carboxylic acids is 1. The van der Waals surface area contributed by atoms with Gasteiger partial charge in [-0.2, -0.15) is 0 Å². The number of carbonyl (C=O) groups is 1. The van der Waals surface area contributed by atoms with Gasteiger partial charge in [-0.15, -0.1) is 0 Å². The van der Waals surface area contributed by atoms with Crippen molar-refractivity contribution in [2.24, 2.45) is 0 Å². The molecular weight excluding hydrogens is 394 g/mol. The fraction of sp³-hybridized carbons (Fsp3) is 0.235. The molecule has 21 heavy (non-hydrogen) atoms. The molecule has 1 amide bonds. The Morgan fingerprint density at radius 3 is 2.33 bits per heavy atom. The van der Waals surface area contributed by atoms with Gasteiger partial charge in [0.25, 0.3) is 5.91 Å². The second-order valence-corrected chi connectivity index (χ2v) is 6.89. The van der Waals surface area contributed by atoms with Crippen LogP contribution >= 0.6 is 31.9 Å². The highest BCUT2D eigenvalue weighted by Gasteiger charge is 2.11. The van der Waals surface area contributed by atoms with E-state index in [0.29, 0.717) is 5.56 Å². The van der Waals surface area contributed by atoms with E-state index in [-0.39, 0.29) is 11.9 Å².